The highest BCUT2D eigenvalue weighted by atomic mass is 79.9. The number of alkyl halides is 3. The van der Waals surface area contributed by atoms with Crippen LogP contribution in [0, 0.1) is 0 Å². The molecule has 0 radical (unpaired) electrons. The zero-order valence-electron chi connectivity index (χ0n) is 6.14. The Morgan fingerprint density at radius 3 is 2.54 bits per heavy atom. The second-order valence-electron chi connectivity index (χ2n) is 2.07. The zero-order chi connectivity index (χ0) is 9.90. The van der Waals surface area contributed by atoms with Crippen LogP contribution in [0.2, 0.25) is 0 Å². The predicted molar refractivity (Wildman–Crippen MR) is 48.4 cm³/mol. The third-order valence-electron chi connectivity index (χ3n) is 1.03. The minimum atomic E-state index is -4.37. The van der Waals surface area contributed by atoms with Crippen LogP contribution in [0.25, 0.3) is 0 Å². The molecule has 0 saturated heterocycles. The fourth-order valence-corrected chi connectivity index (χ4v) is 1.29. The molecule has 0 unspecified atom stereocenters. The van der Waals surface area contributed by atoms with Gasteiger partial charge < -0.3 is 4.18 Å². The Hall–Kier alpha value is -0.360. The second kappa shape index (κ2) is 4.23. The van der Waals surface area contributed by atoms with E-state index in [1.807, 2.05) is 0 Å². The van der Waals surface area contributed by atoms with Crippen molar-refractivity contribution >= 4 is 28.0 Å². The van der Waals surface area contributed by atoms with E-state index in [1.165, 1.54) is 12.1 Å². The van der Waals surface area contributed by atoms with E-state index in [2.05, 4.69) is 20.1 Å². The zero-order valence-corrected chi connectivity index (χ0v) is 8.54. The average molecular weight is 273 g/mol. The van der Waals surface area contributed by atoms with E-state index in [0.29, 0.717) is 4.47 Å². The van der Waals surface area contributed by atoms with E-state index in [-0.39, 0.29) is 5.75 Å². The predicted octanol–water partition coefficient (Wildman–Crippen LogP) is 4.00. The van der Waals surface area contributed by atoms with Crippen molar-refractivity contribution in [2.75, 3.05) is 0 Å². The highest BCUT2D eigenvalue weighted by Crippen LogP contribution is 2.32. The number of halogens is 4. The van der Waals surface area contributed by atoms with Gasteiger partial charge in [-0.2, -0.15) is 13.2 Å². The molecule has 72 valence electrons. The van der Waals surface area contributed by atoms with E-state index >= 15 is 0 Å². The number of hydrogen-bond acceptors (Lipinski definition) is 2. The Bertz CT molecular complexity index is 289. The maximum Gasteiger partial charge on any atom is 0.479 e. The normalized spacial score (nSPS) is 11.4. The molecule has 0 spiro atoms. The van der Waals surface area contributed by atoms with Crippen LogP contribution in [0.15, 0.2) is 28.7 Å². The molecule has 0 N–H and O–H groups in total. The summed E-state index contributed by atoms with van der Waals surface area (Å²) >= 11 is 2.59. The van der Waals surface area contributed by atoms with Gasteiger partial charge in [0, 0.05) is 4.47 Å². The van der Waals surface area contributed by atoms with Gasteiger partial charge >= 0.3 is 5.51 Å². The molecule has 0 fully saturated rings. The minimum Gasteiger partial charge on any atom is -0.417 e. The van der Waals surface area contributed by atoms with Gasteiger partial charge in [0.1, 0.15) is 5.75 Å². The summed E-state index contributed by atoms with van der Waals surface area (Å²) in [7, 11) is 0. The molecule has 0 aliphatic heterocycles. The van der Waals surface area contributed by atoms with Crippen LogP contribution in [0.4, 0.5) is 13.2 Å². The van der Waals surface area contributed by atoms with E-state index in [0.717, 1.165) is 0 Å². The smallest absolute Gasteiger partial charge is 0.417 e. The number of rotatable bonds is 2. The van der Waals surface area contributed by atoms with Crippen molar-refractivity contribution in [3.63, 3.8) is 0 Å². The van der Waals surface area contributed by atoms with Crippen molar-refractivity contribution < 1.29 is 17.4 Å². The maximum absolute atomic E-state index is 11.7. The Morgan fingerprint density at radius 1 is 1.31 bits per heavy atom. The largest absolute Gasteiger partial charge is 0.479 e. The van der Waals surface area contributed by atoms with E-state index in [1.54, 1.807) is 12.1 Å². The average Bonchev–Trinajstić information content (AvgIpc) is 2.00. The molecule has 1 aromatic carbocycles. The van der Waals surface area contributed by atoms with E-state index in [4.69, 9.17) is 0 Å². The van der Waals surface area contributed by atoms with Gasteiger partial charge in [0.2, 0.25) is 0 Å². The summed E-state index contributed by atoms with van der Waals surface area (Å²) in [5, 5.41) is 0. The molecule has 0 aliphatic rings. The van der Waals surface area contributed by atoms with Gasteiger partial charge in [-0.25, -0.2) is 0 Å². The van der Waals surface area contributed by atoms with Crippen molar-refractivity contribution in [3.05, 3.63) is 28.7 Å². The molecule has 1 rings (SSSR count). The summed E-state index contributed by atoms with van der Waals surface area (Å²) in [6.45, 7) is 0. The quantitative estimate of drug-likeness (QED) is 0.753. The molecule has 13 heavy (non-hydrogen) atoms. The molecule has 1 aromatic rings. The molecular formula is C7H4BrF3OS. The van der Waals surface area contributed by atoms with Gasteiger partial charge in [-0.05, 0) is 18.2 Å². The second-order valence-corrected chi connectivity index (χ2v) is 3.78. The lowest BCUT2D eigenvalue weighted by molar-refractivity contribution is -0.0369. The Kier molecular flexibility index (Phi) is 3.49. The van der Waals surface area contributed by atoms with E-state index in [9.17, 15) is 13.2 Å². The van der Waals surface area contributed by atoms with Crippen LogP contribution >= 0.6 is 28.0 Å². The first-order valence-electron chi connectivity index (χ1n) is 3.15. The molecule has 0 bridgehead atoms. The Balaban J connectivity index is 2.55. The van der Waals surface area contributed by atoms with Crippen molar-refractivity contribution in [2.24, 2.45) is 0 Å². The summed E-state index contributed by atoms with van der Waals surface area (Å²) in [6, 6.07) is 6.20. The van der Waals surface area contributed by atoms with Crippen LogP contribution in [0.1, 0.15) is 0 Å². The molecule has 0 aliphatic carbocycles. The lowest BCUT2D eigenvalue weighted by atomic mass is 10.3. The first kappa shape index (κ1) is 10.7. The van der Waals surface area contributed by atoms with Crippen molar-refractivity contribution in [2.45, 2.75) is 5.51 Å². The molecule has 1 nitrogen and oxygen atoms in total. The third-order valence-corrected chi connectivity index (χ3v) is 1.99. The van der Waals surface area contributed by atoms with Crippen LogP contribution in [0.3, 0.4) is 0 Å². The standard InChI is InChI=1S/C7H4BrF3OS/c8-5-2-1-3-6(4-5)12-13-7(9,10)11/h1-4H. The van der Waals surface area contributed by atoms with Crippen LogP contribution in [-0.2, 0) is 0 Å². The Labute approximate surface area is 85.6 Å². The van der Waals surface area contributed by atoms with Crippen molar-refractivity contribution in [1.29, 1.82) is 0 Å². The first-order valence-corrected chi connectivity index (χ1v) is 4.69. The highest BCUT2D eigenvalue weighted by Gasteiger charge is 2.31. The van der Waals surface area contributed by atoms with Gasteiger partial charge in [-0.3, -0.25) is 0 Å². The summed E-state index contributed by atoms with van der Waals surface area (Å²) in [5.74, 6) is 0.164. The molecule has 0 aromatic heterocycles. The fraction of sp³-hybridized carbons (Fsp3) is 0.143. The highest BCUT2D eigenvalue weighted by molar-refractivity contribution is 9.10. The minimum absolute atomic E-state index is 0.164. The van der Waals surface area contributed by atoms with Crippen molar-refractivity contribution in [3.8, 4) is 5.75 Å². The van der Waals surface area contributed by atoms with Crippen LogP contribution < -0.4 is 4.18 Å². The summed E-state index contributed by atoms with van der Waals surface area (Å²) in [6.07, 6.45) is 0. The first-order chi connectivity index (χ1) is 5.97. The monoisotopic (exact) mass is 272 g/mol. The number of hydrogen-bond donors (Lipinski definition) is 0. The summed E-state index contributed by atoms with van der Waals surface area (Å²) in [5.41, 5.74) is -4.37. The van der Waals surface area contributed by atoms with Crippen molar-refractivity contribution in [1.82, 2.24) is 0 Å². The lowest BCUT2D eigenvalue weighted by Crippen LogP contribution is -2.02. The topological polar surface area (TPSA) is 9.23 Å². The fourth-order valence-electron chi connectivity index (χ4n) is 0.614. The maximum atomic E-state index is 11.7. The molecule has 0 amide bonds. The third kappa shape index (κ3) is 4.42. The van der Waals surface area contributed by atoms with Gasteiger partial charge in [0.05, 0.1) is 0 Å². The van der Waals surface area contributed by atoms with E-state index < -0.39 is 17.6 Å². The van der Waals surface area contributed by atoms with Gasteiger partial charge in [-0.15, -0.1) is 0 Å². The summed E-state index contributed by atoms with van der Waals surface area (Å²) in [4.78, 5) is 0. The molecule has 0 atom stereocenters. The number of benzene rings is 1. The van der Waals surface area contributed by atoms with Gasteiger partial charge in [0.15, 0.2) is 12.0 Å². The molecular weight excluding hydrogens is 269 g/mol. The molecule has 6 heteroatoms. The molecule has 0 heterocycles. The molecule has 0 saturated carbocycles. The lowest BCUT2D eigenvalue weighted by Gasteiger charge is -2.05. The van der Waals surface area contributed by atoms with Crippen LogP contribution in [0.5, 0.6) is 5.75 Å². The van der Waals surface area contributed by atoms with Gasteiger partial charge in [0.25, 0.3) is 0 Å². The summed E-state index contributed by atoms with van der Waals surface area (Å²) < 4.78 is 40.1. The van der Waals surface area contributed by atoms with Crippen LogP contribution in [-0.4, -0.2) is 5.51 Å². The Morgan fingerprint density at radius 2 is 2.00 bits per heavy atom. The van der Waals surface area contributed by atoms with Gasteiger partial charge in [-0.1, -0.05) is 22.0 Å². The SMILES string of the molecule is FC(F)(F)SOc1cccc(Br)c1.